The fourth-order valence-corrected chi connectivity index (χ4v) is 5.02. The summed E-state index contributed by atoms with van der Waals surface area (Å²) in [6.45, 7) is 2.00. The topological polar surface area (TPSA) is 65.5 Å². The molecule has 2 N–H and O–H groups in total. The minimum Gasteiger partial charge on any atom is -0.480 e. The van der Waals surface area contributed by atoms with Crippen LogP contribution in [-0.4, -0.2) is 46.1 Å². The third-order valence-corrected chi connectivity index (χ3v) is 7.04. The molecule has 0 aromatic carbocycles. The molecule has 25 heavy (non-hydrogen) atoms. The van der Waals surface area contributed by atoms with Crippen molar-refractivity contribution in [3.05, 3.63) is 28.6 Å². The molecule has 0 amide bonds. The van der Waals surface area contributed by atoms with Gasteiger partial charge >= 0.3 is 5.97 Å². The van der Waals surface area contributed by atoms with Crippen LogP contribution in [0.5, 0.6) is 0 Å². The summed E-state index contributed by atoms with van der Waals surface area (Å²) in [7, 11) is 0. The number of hydrogen-bond acceptors (Lipinski definition) is 6. The van der Waals surface area contributed by atoms with Gasteiger partial charge in [0, 0.05) is 36.2 Å². The van der Waals surface area contributed by atoms with Crippen molar-refractivity contribution < 1.29 is 9.90 Å². The van der Waals surface area contributed by atoms with E-state index in [4.69, 9.17) is 5.11 Å². The molecule has 4 rings (SSSR count). The van der Waals surface area contributed by atoms with E-state index in [1.165, 1.54) is 22.6 Å². The zero-order valence-electron chi connectivity index (χ0n) is 14.1. The highest BCUT2D eigenvalue weighted by molar-refractivity contribution is 7.20. The van der Waals surface area contributed by atoms with Crippen LogP contribution in [0.15, 0.2) is 23.7 Å². The van der Waals surface area contributed by atoms with E-state index >= 15 is 0 Å². The molecule has 0 aliphatic heterocycles. The molecule has 0 saturated heterocycles. The highest BCUT2D eigenvalue weighted by atomic mass is 32.1. The van der Waals surface area contributed by atoms with Gasteiger partial charge < -0.3 is 10.4 Å². The number of thiophene rings is 1. The molecule has 7 heteroatoms. The number of carboxylic acids is 1. The Morgan fingerprint density at radius 2 is 2.24 bits per heavy atom. The van der Waals surface area contributed by atoms with Crippen molar-refractivity contribution >= 4 is 28.6 Å². The van der Waals surface area contributed by atoms with Crippen molar-refractivity contribution in [1.82, 2.24) is 15.2 Å². The van der Waals surface area contributed by atoms with E-state index in [0.29, 0.717) is 12.1 Å². The van der Waals surface area contributed by atoms with Crippen molar-refractivity contribution in [2.24, 2.45) is 5.92 Å². The van der Waals surface area contributed by atoms with Gasteiger partial charge in [-0.3, -0.25) is 9.69 Å². The molecule has 2 aromatic heterocycles. The molecule has 0 atom stereocenters. The first-order valence-corrected chi connectivity index (χ1v) is 10.5. The highest BCUT2D eigenvalue weighted by Gasteiger charge is 2.36. The smallest absolute Gasteiger partial charge is 0.317 e. The van der Waals surface area contributed by atoms with Gasteiger partial charge in [-0.2, -0.15) is 0 Å². The maximum absolute atomic E-state index is 11.1. The standard InChI is InChI=1S/C18H23N3O2S2/c22-17(23)11-21(10-12-3-4-12)14-6-13(7-14)19-8-15-9-20-18(25-15)16-2-1-5-24-16/h1-2,5,9,12-14,19H,3-4,6-8,10-11H2,(H,22,23). The summed E-state index contributed by atoms with van der Waals surface area (Å²) in [5.41, 5.74) is 0. The molecule has 0 unspecified atom stereocenters. The quantitative estimate of drug-likeness (QED) is 0.702. The number of carbonyl (C=O) groups is 1. The lowest BCUT2D eigenvalue weighted by Gasteiger charge is -2.43. The lowest BCUT2D eigenvalue weighted by Crippen LogP contribution is -2.54. The minimum atomic E-state index is -0.706. The minimum absolute atomic E-state index is 0.187. The SMILES string of the molecule is O=C(O)CN(CC1CC1)C1CC(NCc2cnc(-c3cccs3)s2)C1. The summed E-state index contributed by atoms with van der Waals surface area (Å²) >= 11 is 3.47. The fourth-order valence-electron chi connectivity index (χ4n) is 3.35. The van der Waals surface area contributed by atoms with E-state index in [9.17, 15) is 4.79 Å². The molecule has 2 saturated carbocycles. The molecule has 5 nitrogen and oxygen atoms in total. The molecule has 134 valence electrons. The normalized spacial score (nSPS) is 22.9. The summed E-state index contributed by atoms with van der Waals surface area (Å²) in [5, 5.41) is 15.9. The van der Waals surface area contributed by atoms with Crippen LogP contribution >= 0.6 is 22.7 Å². The molecule has 2 aliphatic rings. The van der Waals surface area contributed by atoms with Gasteiger partial charge in [0.15, 0.2) is 0 Å². The first-order valence-electron chi connectivity index (χ1n) is 8.85. The lowest BCUT2D eigenvalue weighted by atomic mass is 9.85. The molecule has 0 bridgehead atoms. The molecule has 2 aromatic rings. The zero-order valence-corrected chi connectivity index (χ0v) is 15.7. The number of hydrogen-bond donors (Lipinski definition) is 2. The van der Waals surface area contributed by atoms with Gasteiger partial charge in [-0.05, 0) is 43.0 Å². The van der Waals surface area contributed by atoms with Gasteiger partial charge in [-0.15, -0.1) is 22.7 Å². The van der Waals surface area contributed by atoms with Crippen LogP contribution in [-0.2, 0) is 11.3 Å². The monoisotopic (exact) mass is 377 g/mol. The van der Waals surface area contributed by atoms with E-state index in [1.807, 2.05) is 6.20 Å². The van der Waals surface area contributed by atoms with Gasteiger partial charge in [0.05, 0.1) is 11.4 Å². The third kappa shape index (κ3) is 4.47. The van der Waals surface area contributed by atoms with E-state index in [1.54, 1.807) is 22.7 Å². The molecule has 2 aliphatic carbocycles. The number of aromatic nitrogens is 1. The summed E-state index contributed by atoms with van der Waals surface area (Å²) < 4.78 is 0. The Morgan fingerprint density at radius 3 is 2.92 bits per heavy atom. The molecule has 2 fully saturated rings. The van der Waals surface area contributed by atoms with Gasteiger partial charge in [0.1, 0.15) is 5.01 Å². The first kappa shape index (κ1) is 17.1. The Morgan fingerprint density at radius 1 is 1.40 bits per heavy atom. The van der Waals surface area contributed by atoms with Crippen molar-refractivity contribution in [3.8, 4) is 9.88 Å². The molecule has 0 spiro atoms. The van der Waals surface area contributed by atoms with E-state index in [-0.39, 0.29) is 6.54 Å². The van der Waals surface area contributed by atoms with E-state index in [0.717, 1.165) is 36.9 Å². The maximum atomic E-state index is 11.1. The van der Waals surface area contributed by atoms with E-state index < -0.39 is 5.97 Å². The molecule has 2 heterocycles. The predicted molar refractivity (Wildman–Crippen MR) is 101 cm³/mol. The largest absolute Gasteiger partial charge is 0.480 e. The van der Waals surface area contributed by atoms with Crippen LogP contribution in [0.3, 0.4) is 0 Å². The number of carboxylic acid groups (broad SMARTS) is 1. The lowest BCUT2D eigenvalue weighted by molar-refractivity contribution is -0.139. The van der Waals surface area contributed by atoms with E-state index in [2.05, 4.69) is 32.7 Å². The van der Waals surface area contributed by atoms with Crippen molar-refractivity contribution in [1.29, 1.82) is 0 Å². The molecular weight excluding hydrogens is 354 g/mol. The summed E-state index contributed by atoms with van der Waals surface area (Å²) in [6.07, 6.45) is 6.60. The average molecular weight is 378 g/mol. The molecule has 0 radical (unpaired) electrons. The van der Waals surface area contributed by atoms with Gasteiger partial charge in [0.2, 0.25) is 0 Å². The van der Waals surface area contributed by atoms with Crippen LogP contribution < -0.4 is 5.32 Å². The van der Waals surface area contributed by atoms with Crippen LogP contribution in [0.25, 0.3) is 9.88 Å². The Labute approximate surface area is 155 Å². The fraction of sp³-hybridized carbons (Fsp3) is 0.556. The summed E-state index contributed by atoms with van der Waals surface area (Å²) in [4.78, 5) is 20.3. The first-order chi connectivity index (χ1) is 12.2. The maximum Gasteiger partial charge on any atom is 0.317 e. The second kappa shape index (κ2) is 7.53. The Bertz CT molecular complexity index is 706. The average Bonchev–Trinajstić information content (AvgIpc) is 3.01. The summed E-state index contributed by atoms with van der Waals surface area (Å²) in [5.74, 6) is 0.0297. The number of rotatable bonds is 9. The Balaban J connectivity index is 1.23. The van der Waals surface area contributed by atoms with Crippen molar-refractivity contribution in [2.75, 3.05) is 13.1 Å². The Kier molecular flexibility index (Phi) is 5.17. The second-order valence-corrected chi connectivity index (χ2v) is 9.14. The van der Waals surface area contributed by atoms with Crippen LogP contribution in [0, 0.1) is 5.92 Å². The second-order valence-electron chi connectivity index (χ2n) is 7.08. The van der Waals surface area contributed by atoms with Gasteiger partial charge in [0.25, 0.3) is 0 Å². The highest BCUT2D eigenvalue weighted by Crippen LogP contribution is 2.34. The zero-order chi connectivity index (χ0) is 17.2. The van der Waals surface area contributed by atoms with Gasteiger partial charge in [-0.1, -0.05) is 6.07 Å². The van der Waals surface area contributed by atoms with Crippen molar-refractivity contribution in [3.63, 3.8) is 0 Å². The van der Waals surface area contributed by atoms with Crippen LogP contribution in [0.1, 0.15) is 30.6 Å². The third-order valence-electron chi connectivity index (χ3n) is 5.01. The predicted octanol–water partition coefficient (Wildman–Crippen LogP) is 3.29. The van der Waals surface area contributed by atoms with Gasteiger partial charge in [-0.25, -0.2) is 4.98 Å². The number of nitrogens with one attached hydrogen (secondary N) is 1. The number of nitrogens with zero attached hydrogens (tertiary/aromatic N) is 2. The Hall–Kier alpha value is -1.28. The van der Waals surface area contributed by atoms with Crippen LogP contribution in [0.4, 0.5) is 0 Å². The van der Waals surface area contributed by atoms with Crippen molar-refractivity contribution in [2.45, 2.75) is 44.3 Å². The number of aliphatic carboxylic acids is 1. The summed E-state index contributed by atoms with van der Waals surface area (Å²) in [6, 6.07) is 5.08. The molecular formula is C18H23N3O2S2. The number of thiazole rings is 1. The van der Waals surface area contributed by atoms with Crippen LogP contribution in [0.2, 0.25) is 0 Å².